The molecule has 1 aromatic heterocycles. The number of nitrogens with one attached hydrogen (secondary N) is 1. The standard InChI is InChI=1S/C19H30N2O4S/c22-19(20-16-7-4-2-1-3-5-8-16)14-21(13-18-9-6-11-25-18)17-10-12-26(23,24)15-17/h6,9,11,16-17H,1-5,7-8,10,12-15H2,(H,20,22). The Morgan fingerprint density at radius 1 is 1.15 bits per heavy atom. The number of sulfone groups is 1. The summed E-state index contributed by atoms with van der Waals surface area (Å²) in [5.41, 5.74) is 0. The van der Waals surface area contributed by atoms with E-state index in [2.05, 4.69) is 5.32 Å². The van der Waals surface area contributed by atoms with Crippen LogP contribution in [0, 0.1) is 0 Å². The van der Waals surface area contributed by atoms with E-state index in [-0.39, 0.29) is 36.0 Å². The highest BCUT2D eigenvalue weighted by Crippen LogP contribution is 2.21. The zero-order chi connectivity index (χ0) is 18.4. The fraction of sp³-hybridized carbons (Fsp3) is 0.737. The Morgan fingerprint density at radius 3 is 2.50 bits per heavy atom. The summed E-state index contributed by atoms with van der Waals surface area (Å²) < 4.78 is 29.2. The van der Waals surface area contributed by atoms with Gasteiger partial charge in [0.1, 0.15) is 5.76 Å². The van der Waals surface area contributed by atoms with Gasteiger partial charge in [-0.15, -0.1) is 0 Å². The normalized spacial score (nSPS) is 24.3. The van der Waals surface area contributed by atoms with Gasteiger partial charge in [-0.1, -0.05) is 32.1 Å². The second-order valence-electron chi connectivity index (χ2n) is 7.65. The monoisotopic (exact) mass is 382 g/mol. The second kappa shape index (κ2) is 9.04. The highest BCUT2D eigenvalue weighted by molar-refractivity contribution is 7.91. The molecule has 0 radical (unpaired) electrons. The van der Waals surface area contributed by atoms with Crippen molar-refractivity contribution < 1.29 is 17.6 Å². The Bertz CT molecular complexity index is 664. The zero-order valence-corrected chi connectivity index (χ0v) is 16.2. The van der Waals surface area contributed by atoms with E-state index in [9.17, 15) is 13.2 Å². The van der Waals surface area contributed by atoms with E-state index in [1.165, 1.54) is 32.1 Å². The summed E-state index contributed by atoms with van der Waals surface area (Å²) in [5.74, 6) is 1.08. The Hall–Kier alpha value is -1.34. The molecular weight excluding hydrogens is 352 g/mol. The Kier molecular flexibility index (Phi) is 6.75. The minimum atomic E-state index is -3.00. The Balaban J connectivity index is 1.59. The van der Waals surface area contributed by atoms with Crippen molar-refractivity contribution in [3.63, 3.8) is 0 Å². The van der Waals surface area contributed by atoms with Gasteiger partial charge in [0.2, 0.25) is 5.91 Å². The zero-order valence-electron chi connectivity index (χ0n) is 15.4. The maximum atomic E-state index is 12.6. The van der Waals surface area contributed by atoms with Crippen LogP contribution >= 0.6 is 0 Å². The van der Waals surface area contributed by atoms with Crippen LogP contribution in [-0.4, -0.2) is 49.4 Å². The van der Waals surface area contributed by atoms with Crippen LogP contribution in [0.3, 0.4) is 0 Å². The lowest BCUT2D eigenvalue weighted by Crippen LogP contribution is -2.46. The molecule has 1 atom stereocenters. The van der Waals surface area contributed by atoms with Crippen molar-refractivity contribution in [2.75, 3.05) is 18.1 Å². The van der Waals surface area contributed by atoms with Crippen LogP contribution in [0.25, 0.3) is 0 Å². The topological polar surface area (TPSA) is 79.6 Å². The van der Waals surface area contributed by atoms with Gasteiger partial charge >= 0.3 is 0 Å². The van der Waals surface area contributed by atoms with Crippen LogP contribution in [-0.2, 0) is 21.2 Å². The first-order chi connectivity index (χ1) is 12.5. The number of hydrogen-bond acceptors (Lipinski definition) is 5. The van der Waals surface area contributed by atoms with Gasteiger partial charge in [-0.05, 0) is 31.4 Å². The maximum Gasteiger partial charge on any atom is 0.234 e. The number of carbonyl (C=O) groups excluding carboxylic acids is 1. The third kappa shape index (κ3) is 5.84. The molecule has 1 aliphatic carbocycles. The fourth-order valence-electron chi connectivity index (χ4n) is 4.04. The van der Waals surface area contributed by atoms with Crippen LogP contribution in [0.2, 0.25) is 0 Å². The van der Waals surface area contributed by atoms with E-state index < -0.39 is 9.84 Å². The molecule has 0 aromatic carbocycles. The van der Waals surface area contributed by atoms with Crippen molar-refractivity contribution in [3.8, 4) is 0 Å². The number of nitrogens with zero attached hydrogens (tertiary/aromatic N) is 1. The van der Waals surface area contributed by atoms with Gasteiger partial charge < -0.3 is 9.73 Å². The predicted octanol–water partition coefficient (Wildman–Crippen LogP) is 2.50. The maximum absolute atomic E-state index is 12.6. The number of rotatable bonds is 6. The quantitative estimate of drug-likeness (QED) is 0.818. The van der Waals surface area contributed by atoms with Crippen LogP contribution in [0.5, 0.6) is 0 Å². The first-order valence-electron chi connectivity index (χ1n) is 9.78. The van der Waals surface area contributed by atoms with Crippen molar-refractivity contribution >= 4 is 15.7 Å². The van der Waals surface area contributed by atoms with E-state index >= 15 is 0 Å². The molecule has 3 rings (SSSR count). The number of hydrogen-bond donors (Lipinski definition) is 1. The van der Waals surface area contributed by atoms with Gasteiger partial charge in [0, 0.05) is 12.1 Å². The van der Waals surface area contributed by atoms with E-state index in [0.29, 0.717) is 13.0 Å². The number of amides is 1. The van der Waals surface area contributed by atoms with E-state index in [1.54, 1.807) is 6.26 Å². The van der Waals surface area contributed by atoms with E-state index in [1.807, 2.05) is 17.0 Å². The van der Waals surface area contributed by atoms with Crippen LogP contribution in [0.15, 0.2) is 22.8 Å². The predicted molar refractivity (Wildman–Crippen MR) is 100 cm³/mol. The van der Waals surface area contributed by atoms with Crippen LogP contribution < -0.4 is 5.32 Å². The molecule has 1 saturated heterocycles. The molecule has 1 aliphatic heterocycles. The first kappa shape index (κ1) is 19.4. The summed E-state index contributed by atoms with van der Waals surface area (Å²) in [6.07, 6.45) is 10.4. The fourth-order valence-corrected chi connectivity index (χ4v) is 5.80. The summed E-state index contributed by atoms with van der Waals surface area (Å²) in [5, 5.41) is 3.18. The smallest absolute Gasteiger partial charge is 0.234 e. The molecule has 146 valence electrons. The van der Waals surface area contributed by atoms with E-state index in [4.69, 9.17) is 4.42 Å². The van der Waals surface area contributed by atoms with Crippen molar-refractivity contribution in [2.45, 2.75) is 70.0 Å². The average molecular weight is 383 g/mol. The van der Waals surface area contributed by atoms with Gasteiger partial charge in [0.05, 0.1) is 30.9 Å². The molecule has 0 spiro atoms. The largest absolute Gasteiger partial charge is 0.468 e. The van der Waals surface area contributed by atoms with Crippen LogP contribution in [0.1, 0.15) is 57.1 Å². The van der Waals surface area contributed by atoms with E-state index in [0.717, 1.165) is 18.6 Å². The molecule has 7 heteroatoms. The molecule has 1 N–H and O–H groups in total. The minimum Gasteiger partial charge on any atom is -0.468 e. The summed E-state index contributed by atoms with van der Waals surface area (Å²) >= 11 is 0. The SMILES string of the molecule is O=C(CN(Cc1ccco1)C1CCS(=O)(=O)C1)NC1CCCCCCC1. The second-order valence-corrected chi connectivity index (χ2v) is 9.88. The Labute approximate surface area is 156 Å². The minimum absolute atomic E-state index is 0.00794. The molecule has 1 amide bonds. The summed E-state index contributed by atoms with van der Waals surface area (Å²) in [7, 11) is -3.00. The molecule has 26 heavy (non-hydrogen) atoms. The first-order valence-corrected chi connectivity index (χ1v) is 11.6. The lowest BCUT2D eigenvalue weighted by Gasteiger charge is -2.28. The molecule has 1 unspecified atom stereocenters. The molecule has 2 heterocycles. The molecule has 1 saturated carbocycles. The Morgan fingerprint density at radius 2 is 1.88 bits per heavy atom. The van der Waals surface area contributed by atoms with Gasteiger partial charge in [-0.25, -0.2) is 8.42 Å². The average Bonchev–Trinajstić information content (AvgIpc) is 3.18. The van der Waals surface area contributed by atoms with Gasteiger partial charge in [-0.3, -0.25) is 9.69 Å². The lowest BCUT2D eigenvalue weighted by molar-refractivity contribution is -0.123. The van der Waals surface area contributed by atoms with Crippen molar-refractivity contribution in [2.24, 2.45) is 0 Å². The summed E-state index contributed by atoms with van der Waals surface area (Å²) in [4.78, 5) is 14.6. The van der Waals surface area contributed by atoms with Crippen molar-refractivity contribution in [1.82, 2.24) is 10.2 Å². The molecule has 2 fully saturated rings. The molecular formula is C19H30N2O4S. The van der Waals surface area contributed by atoms with Gasteiger partial charge in [0.15, 0.2) is 9.84 Å². The molecule has 6 nitrogen and oxygen atoms in total. The third-order valence-corrected chi connectivity index (χ3v) is 7.23. The van der Waals surface area contributed by atoms with Gasteiger partial charge in [-0.2, -0.15) is 0 Å². The summed E-state index contributed by atoms with van der Waals surface area (Å²) in [6.45, 7) is 0.683. The van der Waals surface area contributed by atoms with Crippen molar-refractivity contribution in [1.29, 1.82) is 0 Å². The van der Waals surface area contributed by atoms with Gasteiger partial charge in [0.25, 0.3) is 0 Å². The highest BCUT2D eigenvalue weighted by Gasteiger charge is 2.33. The number of furan rings is 1. The third-order valence-electron chi connectivity index (χ3n) is 5.48. The molecule has 0 bridgehead atoms. The molecule has 2 aliphatic rings. The molecule has 1 aromatic rings. The van der Waals surface area contributed by atoms with Crippen molar-refractivity contribution in [3.05, 3.63) is 24.2 Å². The van der Waals surface area contributed by atoms with Crippen LogP contribution in [0.4, 0.5) is 0 Å². The highest BCUT2D eigenvalue weighted by atomic mass is 32.2. The summed E-state index contributed by atoms with van der Waals surface area (Å²) in [6, 6.07) is 3.81. The number of carbonyl (C=O) groups is 1. The lowest BCUT2D eigenvalue weighted by atomic mass is 9.97.